The number of ether oxygens (including phenoxy) is 1. The van der Waals surface area contributed by atoms with Crippen molar-refractivity contribution in [3.63, 3.8) is 0 Å². The number of nitrogens with one attached hydrogen (secondary N) is 3. The number of rotatable bonds is 5. The lowest BCUT2D eigenvalue weighted by molar-refractivity contribution is -0.125. The summed E-state index contributed by atoms with van der Waals surface area (Å²) in [6, 6.07) is 7.08. The van der Waals surface area contributed by atoms with Gasteiger partial charge in [-0.15, -0.1) is 0 Å². The Morgan fingerprint density at radius 3 is 2.85 bits per heavy atom. The van der Waals surface area contributed by atoms with Crippen LogP contribution >= 0.6 is 0 Å². The molecule has 0 saturated carbocycles. The SMILES string of the molecule is Cc1cc(NC(=O)COc2ccc(F)cc2)n(C2NC(=O)CC(C)N2)n1. The summed E-state index contributed by atoms with van der Waals surface area (Å²) in [5.41, 5.74) is 0.689. The molecule has 2 amide bonds. The molecule has 8 nitrogen and oxygen atoms in total. The first-order valence-electron chi connectivity index (χ1n) is 8.20. The molecule has 138 valence electrons. The van der Waals surface area contributed by atoms with Crippen LogP contribution in [0.5, 0.6) is 5.75 Å². The fourth-order valence-electron chi connectivity index (χ4n) is 2.66. The predicted octanol–water partition coefficient (Wildman–Crippen LogP) is 1.30. The van der Waals surface area contributed by atoms with E-state index < -0.39 is 12.2 Å². The van der Waals surface area contributed by atoms with E-state index in [1.807, 2.05) is 6.92 Å². The van der Waals surface area contributed by atoms with Crippen LogP contribution in [0.1, 0.15) is 25.3 Å². The number of anilines is 1. The highest BCUT2D eigenvalue weighted by Crippen LogP contribution is 2.17. The molecule has 2 unspecified atom stereocenters. The van der Waals surface area contributed by atoms with Crippen molar-refractivity contribution in [1.82, 2.24) is 20.4 Å². The molecule has 0 spiro atoms. The summed E-state index contributed by atoms with van der Waals surface area (Å²) in [5.74, 6) is -0.0437. The van der Waals surface area contributed by atoms with E-state index in [2.05, 4.69) is 21.0 Å². The maximum Gasteiger partial charge on any atom is 0.263 e. The third-order valence-electron chi connectivity index (χ3n) is 3.79. The van der Waals surface area contributed by atoms with Crippen molar-refractivity contribution in [2.75, 3.05) is 11.9 Å². The first kappa shape index (κ1) is 17.9. The van der Waals surface area contributed by atoms with Crippen LogP contribution in [0.4, 0.5) is 10.2 Å². The van der Waals surface area contributed by atoms with E-state index in [1.165, 1.54) is 28.9 Å². The molecule has 1 aromatic heterocycles. The fraction of sp³-hybridized carbons (Fsp3) is 0.353. The average Bonchev–Trinajstić information content (AvgIpc) is 2.94. The maximum atomic E-state index is 12.9. The van der Waals surface area contributed by atoms with E-state index in [0.717, 1.165) is 0 Å². The maximum absolute atomic E-state index is 12.9. The van der Waals surface area contributed by atoms with Crippen molar-refractivity contribution >= 4 is 17.6 Å². The minimum absolute atomic E-state index is 0.0105. The summed E-state index contributed by atoms with van der Waals surface area (Å²) >= 11 is 0. The molecule has 1 aliphatic heterocycles. The normalized spacial score (nSPS) is 19.7. The zero-order valence-electron chi connectivity index (χ0n) is 14.5. The number of hydrogen-bond donors (Lipinski definition) is 3. The number of amides is 2. The summed E-state index contributed by atoms with van der Waals surface area (Å²) in [6.45, 7) is 3.45. The Kier molecular flexibility index (Phi) is 5.17. The Hall–Kier alpha value is -2.94. The monoisotopic (exact) mass is 361 g/mol. The number of nitrogens with zero attached hydrogens (tertiary/aromatic N) is 2. The number of halogens is 1. The highest BCUT2D eigenvalue weighted by Gasteiger charge is 2.26. The van der Waals surface area contributed by atoms with Gasteiger partial charge in [-0.25, -0.2) is 9.07 Å². The molecule has 2 atom stereocenters. The van der Waals surface area contributed by atoms with Crippen LogP contribution in [0.3, 0.4) is 0 Å². The van der Waals surface area contributed by atoms with Crippen molar-refractivity contribution in [3.8, 4) is 5.75 Å². The highest BCUT2D eigenvalue weighted by molar-refractivity contribution is 5.91. The van der Waals surface area contributed by atoms with E-state index >= 15 is 0 Å². The highest BCUT2D eigenvalue weighted by atomic mass is 19.1. The minimum atomic E-state index is -0.548. The molecular weight excluding hydrogens is 341 g/mol. The molecule has 0 aliphatic carbocycles. The molecule has 3 rings (SSSR count). The second-order valence-electron chi connectivity index (χ2n) is 6.15. The molecule has 9 heteroatoms. The van der Waals surface area contributed by atoms with Crippen molar-refractivity contribution in [2.24, 2.45) is 0 Å². The molecule has 2 aromatic rings. The first-order chi connectivity index (χ1) is 12.4. The minimum Gasteiger partial charge on any atom is -0.484 e. The van der Waals surface area contributed by atoms with Gasteiger partial charge in [-0.3, -0.25) is 14.9 Å². The van der Waals surface area contributed by atoms with Gasteiger partial charge in [-0.1, -0.05) is 0 Å². The molecule has 0 bridgehead atoms. The van der Waals surface area contributed by atoms with Crippen LogP contribution in [0.15, 0.2) is 30.3 Å². The quantitative estimate of drug-likeness (QED) is 0.746. The van der Waals surface area contributed by atoms with Gasteiger partial charge in [0, 0.05) is 18.5 Å². The van der Waals surface area contributed by atoms with Gasteiger partial charge in [0.15, 0.2) is 12.9 Å². The number of aromatic nitrogens is 2. The van der Waals surface area contributed by atoms with Crippen molar-refractivity contribution in [2.45, 2.75) is 32.6 Å². The summed E-state index contributed by atoms with van der Waals surface area (Å²) in [7, 11) is 0. The van der Waals surface area contributed by atoms with Crippen LogP contribution in [-0.4, -0.2) is 34.2 Å². The van der Waals surface area contributed by atoms with Crippen molar-refractivity contribution < 1.29 is 18.7 Å². The van der Waals surface area contributed by atoms with Gasteiger partial charge in [-0.2, -0.15) is 5.10 Å². The van der Waals surface area contributed by atoms with Crippen LogP contribution < -0.4 is 20.7 Å². The molecule has 1 fully saturated rings. The van der Waals surface area contributed by atoms with Gasteiger partial charge >= 0.3 is 0 Å². The molecule has 3 N–H and O–H groups in total. The summed E-state index contributed by atoms with van der Waals surface area (Å²) < 4.78 is 19.7. The van der Waals surface area contributed by atoms with Gasteiger partial charge in [0.25, 0.3) is 5.91 Å². The first-order valence-corrected chi connectivity index (χ1v) is 8.20. The van der Waals surface area contributed by atoms with Gasteiger partial charge < -0.3 is 15.4 Å². The van der Waals surface area contributed by atoms with Gasteiger partial charge in [-0.05, 0) is 38.1 Å². The van der Waals surface area contributed by atoms with Crippen LogP contribution in [0, 0.1) is 12.7 Å². The van der Waals surface area contributed by atoms with E-state index in [9.17, 15) is 14.0 Å². The smallest absolute Gasteiger partial charge is 0.263 e. The summed E-state index contributed by atoms with van der Waals surface area (Å²) in [4.78, 5) is 23.9. The van der Waals surface area contributed by atoms with Gasteiger partial charge in [0.2, 0.25) is 5.91 Å². The average molecular weight is 361 g/mol. The van der Waals surface area contributed by atoms with E-state index in [4.69, 9.17) is 4.74 Å². The topological polar surface area (TPSA) is 97.3 Å². The number of aryl methyl sites for hydroxylation is 1. The molecule has 1 aromatic carbocycles. The lowest BCUT2D eigenvalue weighted by Gasteiger charge is -2.30. The number of benzene rings is 1. The largest absolute Gasteiger partial charge is 0.484 e. The lowest BCUT2D eigenvalue weighted by Crippen LogP contribution is -2.52. The van der Waals surface area contributed by atoms with Gasteiger partial charge in [0.1, 0.15) is 17.4 Å². The number of carbonyl (C=O) groups is 2. The Balaban J connectivity index is 1.65. The van der Waals surface area contributed by atoms with E-state index in [-0.39, 0.29) is 24.4 Å². The third-order valence-corrected chi connectivity index (χ3v) is 3.79. The Morgan fingerprint density at radius 1 is 1.42 bits per heavy atom. The summed E-state index contributed by atoms with van der Waals surface area (Å²) in [5, 5.41) is 13.0. The van der Waals surface area contributed by atoms with Crippen LogP contribution in [0.25, 0.3) is 0 Å². The predicted molar refractivity (Wildman–Crippen MR) is 91.9 cm³/mol. The molecule has 0 radical (unpaired) electrons. The standard InChI is InChI=1S/C17H20FN5O3/c1-10-8-15(24)21-17(19-10)23-14(7-11(2)22-23)20-16(25)9-26-13-5-3-12(18)4-6-13/h3-7,10,17,19H,8-9H2,1-2H3,(H,20,25)(H,21,24). The molecule has 2 heterocycles. The Morgan fingerprint density at radius 2 is 2.15 bits per heavy atom. The fourth-order valence-corrected chi connectivity index (χ4v) is 2.66. The van der Waals surface area contributed by atoms with E-state index in [0.29, 0.717) is 23.7 Å². The van der Waals surface area contributed by atoms with Crippen LogP contribution in [0.2, 0.25) is 0 Å². The Labute approximate surface area is 149 Å². The van der Waals surface area contributed by atoms with Crippen LogP contribution in [-0.2, 0) is 9.59 Å². The van der Waals surface area contributed by atoms with Gasteiger partial charge in [0.05, 0.1) is 5.69 Å². The number of carbonyl (C=O) groups excluding carboxylic acids is 2. The lowest BCUT2D eigenvalue weighted by atomic mass is 10.2. The zero-order chi connectivity index (χ0) is 18.7. The third kappa shape index (κ3) is 4.37. The second kappa shape index (κ2) is 7.52. The molecule has 1 saturated heterocycles. The molecule has 26 heavy (non-hydrogen) atoms. The summed E-state index contributed by atoms with van der Waals surface area (Å²) in [6.07, 6.45) is -0.169. The molecule has 1 aliphatic rings. The van der Waals surface area contributed by atoms with Crippen molar-refractivity contribution in [3.05, 3.63) is 41.8 Å². The second-order valence-corrected chi connectivity index (χ2v) is 6.15. The number of hydrogen-bond acceptors (Lipinski definition) is 5. The zero-order valence-corrected chi connectivity index (χ0v) is 14.5. The molecular formula is C17H20FN5O3. The Bertz CT molecular complexity index is 805. The van der Waals surface area contributed by atoms with Crippen molar-refractivity contribution in [1.29, 1.82) is 0 Å². The van der Waals surface area contributed by atoms with E-state index in [1.54, 1.807) is 13.0 Å².